The lowest BCUT2D eigenvalue weighted by Crippen LogP contribution is -3.10. The topological polar surface area (TPSA) is 51.0 Å². The highest BCUT2D eigenvalue weighted by molar-refractivity contribution is 5.69. The minimum atomic E-state index is -0.0696. The zero-order chi connectivity index (χ0) is 18.6. The van der Waals surface area contributed by atoms with Crippen LogP contribution >= 0.6 is 0 Å². The fraction of sp³-hybridized carbons (Fsp3) is 0.952. The van der Waals surface area contributed by atoms with Crippen LogP contribution in [-0.2, 0) is 9.53 Å². The molecule has 0 amide bonds. The summed E-state index contributed by atoms with van der Waals surface area (Å²) in [4.78, 5) is 12.8. The van der Waals surface area contributed by atoms with Crippen molar-refractivity contribution in [1.29, 1.82) is 0 Å². The Balaban J connectivity index is 3.18. The van der Waals surface area contributed by atoms with Crippen LogP contribution in [0.15, 0.2) is 0 Å². The van der Waals surface area contributed by atoms with Crippen molar-refractivity contribution in [3.05, 3.63) is 0 Å². The molecule has 0 bridgehead atoms. The molecule has 0 saturated carbocycles. The summed E-state index contributed by atoms with van der Waals surface area (Å²) in [6, 6.07) is 0. The first-order valence-corrected chi connectivity index (χ1v) is 10.8. The van der Waals surface area contributed by atoms with Crippen molar-refractivity contribution >= 4 is 5.97 Å². The molecular formula is C21H44NO3+. The molecule has 4 nitrogen and oxygen atoms in total. The quantitative estimate of drug-likeness (QED) is 0.274. The van der Waals surface area contributed by atoms with Crippen molar-refractivity contribution in [2.24, 2.45) is 0 Å². The standard InChI is InChI=1S/C21H43NO3/c1-3-4-5-6-7-8-9-10-11-12-13-14-15-16-21(24)25-20-18-22(2)17-19-23/h23H,3-20H2,1-2H3/p+1. The Kier molecular flexibility index (Phi) is 19.2. The normalized spacial score (nSPS) is 12.3. The van der Waals surface area contributed by atoms with Gasteiger partial charge in [-0.3, -0.25) is 4.79 Å². The van der Waals surface area contributed by atoms with Crippen molar-refractivity contribution in [3.8, 4) is 0 Å². The van der Waals surface area contributed by atoms with E-state index in [1.54, 1.807) is 0 Å². The van der Waals surface area contributed by atoms with Gasteiger partial charge >= 0.3 is 5.97 Å². The van der Waals surface area contributed by atoms with Crippen molar-refractivity contribution in [1.82, 2.24) is 0 Å². The molecule has 0 rings (SSSR count). The zero-order valence-corrected chi connectivity index (χ0v) is 17.0. The number of ether oxygens (including phenoxy) is 1. The fourth-order valence-electron chi connectivity index (χ4n) is 3.01. The molecule has 0 radical (unpaired) electrons. The number of carbonyl (C=O) groups excluding carboxylic acids is 1. The predicted octanol–water partition coefficient (Wildman–Crippen LogP) is 3.52. The summed E-state index contributed by atoms with van der Waals surface area (Å²) in [5.41, 5.74) is 0. The minimum Gasteiger partial charge on any atom is -0.460 e. The van der Waals surface area contributed by atoms with Crippen molar-refractivity contribution in [2.75, 3.05) is 33.4 Å². The maximum atomic E-state index is 11.6. The fourth-order valence-corrected chi connectivity index (χ4v) is 3.01. The Labute approximate surface area is 156 Å². The molecule has 0 aliphatic rings. The molecule has 0 spiro atoms. The second-order valence-corrected chi connectivity index (χ2v) is 7.39. The smallest absolute Gasteiger partial charge is 0.305 e. The molecule has 0 aromatic carbocycles. The van der Waals surface area contributed by atoms with Crippen LogP contribution in [0, 0.1) is 0 Å². The van der Waals surface area contributed by atoms with E-state index in [1.165, 1.54) is 75.5 Å². The van der Waals surface area contributed by atoms with Crippen LogP contribution in [0.3, 0.4) is 0 Å². The average molecular weight is 359 g/mol. The van der Waals surface area contributed by atoms with Gasteiger partial charge in [0.15, 0.2) is 0 Å². The monoisotopic (exact) mass is 358 g/mol. The second-order valence-electron chi connectivity index (χ2n) is 7.39. The number of carbonyl (C=O) groups is 1. The van der Waals surface area contributed by atoms with Gasteiger partial charge in [0.1, 0.15) is 19.7 Å². The molecule has 0 aromatic rings. The number of hydrogen-bond donors (Lipinski definition) is 2. The molecule has 0 heterocycles. The van der Waals surface area contributed by atoms with Crippen LogP contribution in [0.5, 0.6) is 0 Å². The molecule has 0 aliphatic carbocycles. The molecule has 150 valence electrons. The summed E-state index contributed by atoms with van der Waals surface area (Å²) in [5, 5.41) is 8.80. The van der Waals surface area contributed by atoms with Gasteiger partial charge in [0.2, 0.25) is 0 Å². The Morgan fingerprint density at radius 2 is 1.28 bits per heavy atom. The highest BCUT2D eigenvalue weighted by Gasteiger charge is 2.05. The zero-order valence-electron chi connectivity index (χ0n) is 17.0. The molecule has 4 heteroatoms. The van der Waals surface area contributed by atoms with Gasteiger partial charge in [-0.2, -0.15) is 0 Å². The number of aliphatic hydroxyl groups excluding tert-OH is 1. The number of unbranched alkanes of at least 4 members (excludes halogenated alkanes) is 12. The summed E-state index contributed by atoms with van der Waals surface area (Å²) in [7, 11) is 2.00. The van der Waals surface area contributed by atoms with E-state index in [4.69, 9.17) is 9.84 Å². The lowest BCUT2D eigenvalue weighted by molar-refractivity contribution is -0.880. The first kappa shape index (κ1) is 24.4. The predicted molar refractivity (Wildman–Crippen MR) is 105 cm³/mol. The lowest BCUT2D eigenvalue weighted by atomic mass is 10.0. The number of likely N-dealkylation sites (N-methyl/N-ethyl adjacent to an activating group) is 1. The highest BCUT2D eigenvalue weighted by Crippen LogP contribution is 2.13. The molecule has 0 saturated heterocycles. The number of rotatable bonds is 19. The van der Waals surface area contributed by atoms with Gasteiger partial charge in [0.25, 0.3) is 0 Å². The summed E-state index contributed by atoms with van der Waals surface area (Å²) >= 11 is 0. The third-order valence-electron chi connectivity index (χ3n) is 4.81. The summed E-state index contributed by atoms with van der Waals surface area (Å²) in [6.45, 7) is 4.38. The summed E-state index contributed by atoms with van der Waals surface area (Å²) in [5.74, 6) is -0.0696. The summed E-state index contributed by atoms with van der Waals surface area (Å²) < 4.78 is 5.22. The van der Waals surface area contributed by atoms with Gasteiger partial charge in [-0.1, -0.05) is 84.0 Å². The summed E-state index contributed by atoms with van der Waals surface area (Å²) in [6.07, 6.45) is 17.7. The number of nitrogens with one attached hydrogen (secondary N) is 1. The van der Waals surface area contributed by atoms with Gasteiger partial charge < -0.3 is 14.7 Å². The Bertz CT molecular complexity index is 284. The van der Waals surface area contributed by atoms with Gasteiger partial charge in [0.05, 0.1) is 13.7 Å². The van der Waals surface area contributed by atoms with Gasteiger partial charge in [-0.05, 0) is 6.42 Å². The van der Waals surface area contributed by atoms with Crippen molar-refractivity contribution in [3.63, 3.8) is 0 Å². The Hall–Kier alpha value is -0.610. The van der Waals surface area contributed by atoms with Crippen LogP contribution in [0.4, 0.5) is 0 Å². The van der Waals surface area contributed by atoms with E-state index in [-0.39, 0.29) is 12.6 Å². The van der Waals surface area contributed by atoms with Gasteiger partial charge in [0, 0.05) is 6.42 Å². The SMILES string of the molecule is CCCCCCCCCCCCCCCC(=O)OCC[NH+](C)CCO. The number of quaternary nitrogens is 1. The van der Waals surface area contributed by atoms with Gasteiger partial charge in [-0.15, -0.1) is 0 Å². The molecule has 2 N–H and O–H groups in total. The Morgan fingerprint density at radius 1 is 0.800 bits per heavy atom. The lowest BCUT2D eigenvalue weighted by Gasteiger charge is -2.12. The first-order valence-electron chi connectivity index (χ1n) is 10.8. The van der Waals surface area contributed by atoms with E-state index in [0.717, 1.165) is 19.4 Å². The number of hydrogen-bond acceptors (Lipinski definition) is 3. The van der Waals surface area contributed by atoms with Crippen LogP contribution in [0.2, 0.25) is 0 Å². The molecule has 25 heavy (non-hydrogen) atoms. The van der Waals surface area contributed by atoms with Crippen LogP contribution in [-0.4, -0.2) is 44.4 Å². The molecule has 1 unspecified atom stereocenters. The third-order valence-corrected chi connectivity index (χ3v) is 4.81. The molecule has 0 aliphatic heterocycles. The largest absolute Gasteiger partial charge is 0.460 e. The molecule has 1 atom stereocenters. The van der Waals surface area contributed by atoms with E-state index in [2.05, 4.69) is 6.92 Å². The van der Waals surface area contributed by atoms with Crippen LogP contribution in [0.1, 0.15) is 96.8 Å². The van der Waals surface area contributed by atoms with Gasteiger partial charge in [-0.25, -0.2) is 0 Å². The maximum Gasteiger partial charge on any atom is 0.305 e. The van der Waals surface area contributed by atoms with E-state index >= 15 is 0 Å². The van der Waals surface area contributed by atoms with Crippen LogP contribution < -0.4 is 4.90 Å². The first-order chi connectivity index (χ1) is 12.2. The van der Waals surface area contributed by atoms with E-state index in [1.807, 2.05) is 7.05 Å². The second kappa shape index (κ2) is 19.7. The van der Waals surface area contributed by atoms with Crippen LogP contribution in [0.25, 0.3) is 0 Å². The van der Waals surface area contributed by atoms with E-state index in [0.29, 0.717) is 19.6 Å². The van der Waals surface area contributed by atoms with E-state index in [9.17, 15) is 4.79 Å². The number of aliphatic hydroxyl groups is 1. The Morgan fingerprint density at radius 3 is 1.76 bits per heavy atom. The van der Waals surface area contributed by atoms with E-state index < -0.39 is 0 Å². The number of esters is 1. The molecule has 0 fully saturated rings. The maximum absolute atomic E-state index is 11.6. The average Bonchev–Trinajstić information content (AvgIpc) is 2.59. The van der Waals surface area contributed by atoms with Crippen molar-refractivity contribution in [2.45, 2.75) is 96.8 Å². The molecular weight excluding hydrogens is 314 g/mol. The third kappa shape index (κ3) is 19.6. The molecule has 0 aromatic heterocycles. The van der Waals surface area contributed by atoms with Crippen molar-refractivity contribution < 1.29 is 19.5 Å². The highest BCUT2D eigenvalue weighted by atomic mass is 16.5. The minimum absolute atomic E-state index is 0.0696.